The normalized spacial score (nSPS) is 11.3. The van der Waals surface area contributed by atoms with E-state index < -0.39 is 10.1 Å². The van der Waals surface area contributed by atoms with Crippen LogP contribution in [-0.2, 0) is 10.1 Å². The van der Waals surface area contributed by atoms with Crippen LogP contribution in [0.15, 0.2) is 106 Å². The zero-order chi connectivity index (χ0) is 30.4. The predicted octanol–water partition coefficient (Wildman–Crippen LogP) is 3.51. The van der Waals surface area contributed by atoms with Crippen molar-refractivity contribution in [2.75, 3.05) is 18.9 Å². The summed E-state index contributed by atoms with van der Waals surface area (Å²) < 4.78 is 39.6. The molecule has 11 nitrogen and oxygen atoms in total. The van der Waals surface area contributed by atoms with Crippen molar-refractivity contribution >= 4 is 55.5 Å². The van der Waals surface area contributed by atoms with E-state index in [4.69, 9.17) is 22.1 Å². The molecule has 220 valence electrons. The molecule has 44 heavy (non-hydrogen) atoms. The number of pyridine rings is 2. The number of benzene rings is 3. The molecule has 0 aliphatic heterocycles. The fraction of sp³-hybridized carbons (Fsp3) is 0.100. The number of nitrogens with one attached hydrogen (secondary N) is 1. The van der Waals surface area contributed by atoms with E-state index in [1.165, 1.54) is 24.5 Å². The minimum absolute atomic E-state index is 0. The number of anilines is 1. The molecule has 5 aromatic rings. The maximum Gasteiger partial charge on any atom is 1.00 e. The molecule has 4 N–H and O–H groups in total. The van der Waals surface area contributed by atoms with Crippen LogP contribution in [0, 0.1) is 0 Å². The number of rotatable bonds is 10. The summed E-state index contributed by atoms with van der Waals surface area (Å²) in [5.74, 6) is 0.381. The van der Waals surface area contributed by atoms with Gasteiger partial charge in [0, 0.05) is 34.6 Å². The van der Waals surface area contributed by atoms with Crippen molar-refractivity contribution in [1.29, 1.82) is 0 Å². The number of halogens is 1. The number of fused-ring (bicyclic) bond motifs is 1. The van der Waals surface area contributed by atoms with Crippen molar-refractivity contribution in [2.45, 2.75) is 11.3 Å². The molecule has 1 amide bonds. The monoisotopic (exact) mass is 640 g/mol. The fourth-order valence-electron chi connectivity index (χ4n) is 4.27. The summed E-state index contributed by atoms with van der Waals surface area (Å²) >= 11 is 5.84. The SMILES string of the molecule is Nc1c(N=Nc2ccc(-c3ccccc3OCCCNC(=O)c3ccnc(Cl)c3)nc2)cc(S(=O)(=O)O)c2ccccc12.[H-].[Na+]. The number of carbonyl (C=O) groups excluding carboxylic acids is 1. The number of ether oxygens (including phenoxy) is 1. The molecule has 0 aliphatic carbocycles. The second-order valence-corrected chi connectivity index (χ2v) is 11.0. The Bertz CT molecular complexity index is 1950. The van der Waals surface area contributed by atoms with Gasteiger partial charge in [0.05, 0.1) is 24.2 Å². The Hall–Kier alpha value is -3.91. The van der Waals surface area contributed by atoms with E-state index in [0.717, 1.165) is 5.56 Å². The maximum absolute atomic E-state index is 12.2. The Morgan fingerprint density at radius 1 is 1.00 bits per heavy atom. The molecule has 2 aromatic heterocycles. The van der Waals surface area contributed by atoms with E-state index >= 15 is 0 Å². The van der Waals surface area contributed by atoms with Crippen LogP contribution in [0.5, 0.6) is 5.75 Å². The van der Waals surface area contributed by atoms with Crippen molar-refractivity contribution in [3.05, 3.63) is 102 Å². The van der Waals surface area contributed by atoms with Gasteiger partial charge in [-0.3, -0.25) is 14.3 Å². The van der Waals surface area contributed by atoms with Crippen LogP contribution in [0.25, 0.3) is 22.0 Å². The van der Waals surface area contributed by atoms with Crippen molar-refractivity contribution in [2.24, 2.45) is 10.2 Å². The molecule has 5 rings (SSSR count). The quantitative estimate of drug-likeness (QED) is 0.0520. The van der Waals surface area contributed by atoms with Gasteiger partial charge < -0.3 is 17.2 Å². The number of azo groups is 1. The molecule has 3 aromatic carbocycles. The van der Waals surface area contributed by atoms with Crippen molar-refractivity contribution < 1.29 is 53.5 Å². The van der Waals surface area contributed by atoms with Gasteiger partial charge in [-0.15, -0.1) is 10.2 Å². The number of nitrogens with zero attached hydrogens (tertiary/aromatic N) is 4. The average Bonchev–Trinajstić information content (AvgIpc) is 3.00. The predicted molar refractivity (Wildman–Crippen MR) is 165 cm³/mol. The first-order valence-electron chi connectivity index (χ1n) is 13.0. The molecule has 0 saturated heterocycles. The zero-order valence-electron chi connectivity index (χ0n) is 24.5. The Morgan fingerprint density at radius 3 is 2.48 bits per heavy atom. The van der Waals surface area contributed by atoms with Gasteiger partial charge in [0.2, 0.25) is 0 Å². The van der Waals surface area contributed by atoms with Crippen molar-refractivity contribution in [3.63, 3.8) is 0 Å². The van der Waals surface area contributed by atoms with Gasteiger partial charge in [0.15, 0.2) is 0 Å². The Kier molecular flexibility index (Phi) is 11.0. The largest absolute Gasteiger partial charge is 1.00 e. The van der Waals surface area contributed by atoms with Crippen LogP contribution in [0.2, 0.25) is 5.15 Å². The number of aromatic nitrogens is 2. The molecule has 0 aliphatic rings. The molecule has 2 heterocycles. The first-order valence-corrected chi connectivity index (χ1v) is 14.8. The molecule has 0 atom stereocenters. The molecule has 0 spiro atoms. The molecular formula is C30H26ClN6NaO5S. The van der Waals surface area contributed by atoms with Gasteiger partial charge in [0.25, 0.3) is 16.0 Å². The van der Waals surface area contributed by atoms with Gasteiger partial charge >= 0.3 is 29.6 Å². The standard InChI is InChI=1S/C30H25ClN6O5S.Na.H/c31-28-16-19(12-14-33-28)30(38)34-13-5-15-42-26-9-4-3-8-23(26)24-11-10-20(18-35-24)36-37-25-17-27(43(39,40)41)21-6-1-2-7-22(21)29(25)32;;/h1-4,6-12,14,16-18H,5,13,15,32H2,(H,34,38)(H,39,40,41);;/q;+1;-1. The van der Waals surface area contributed by atoms with Crippen LogP contribution in [0.1, 0.15) is 18.2 Å². The van der Waals surface area contributed by atoms with Crippen LogP contribution in [-0.4, -0.2) is 42.0 Å². The second-order valence-electron chi connectivity index (χ2n) is 9.25. The average molecular weight is 641 g/mol. The van der Waals surface area contributed by atoms with Crippen LogP contribution in [0.4, 0.5) is 17.1 Å². The number of amides is 1. The van der Waals surface area contributed by atoms with Gasteiger partial charge in [-0.2, -0.15) is 8.42 Å². The summed E-state index contributed by atoms with van der Waals surface area (Å²) in [6.45, 7) is 0.770. The third-order valence-corrected chi connectivity index (χ3v) is 7.44. The first kappa shape index (κ1) is 33.0. The number of nitrogens with two attached hydrogens (primary N) is 1. The number of para-hydroxylation sites is 1. The summed E-state index contributed by atoms with van der Waals surface area (Å²) in [7, 11) is -4.53. The van der Waals surface area contributed by atoms with E-state index in [-0.39, 0.29) is 63.7 Å². The van der Waals surface area contributed by atoms with Crippen LogP contribution in [0.3, 0.4) is 0 Å². The number of nitrogen functional groups attached to an aromatic ring is 1. The minimum atomic E-state index is -4.53. The van der Waals surface area contributed by atoms with E-state index in [0.29, 0.717) is 47.7 Å². The van der Waals surface area contributed by atoms with Crippen molar-refractivity contribution in [3.8, 4) is 17.0 Å². The summed E-state index contributed by atoms with van der Waals surface area (Å²) in [5.41, 5.74) is 8.78. The fourth-order valence-corrected chi connectivity index (χ4v) is 5.16. The second kappa shape index (κ2) is 14.7. The molecular weight excluding hydrogens is 615 g/mol. The summed E-state index contributed by atoms with van der Waals surface area (Å²) in [4.78, 5) is 20.3. The third-order valence-electron chi connectivity index (χ3n) is 6.34. The zero-order valence-corrected chi connectivity index (χ0v) is 27.1. The van der Waals surface area contributed by atoms with Crippen LogP contribution >= 0.6 is 11.6 Å². The topological polar surface area (TPSA) is 169 Å². The van der Waals surface area contributed by atoms with E-state index in [1.807, 2.05) is 24.3 Å². The Balaban J connectivity index is 0.00000276. The number of hydrogen-bond donors (Lipinski definition) is 3. The van der Waals surface area contributed by atoms with E-state index in [2.05, 4.69) is 25.5 Å². The Labute approximate surface area is 282 Å². The van der Waals surface area contributed by atoms with Crippen molar-refractivity contribution in [1.82, 2.24) is 15.3 Å². The van der Waals surface area contributed by atoms with E-state index in [9.17, 15) is 17.8 Å². The van der Waals surface area contributed by atoms with Gasteiger partial charge in [0.1, 0.15) is 27.2 Å². The summed E-state index contributed by atoms with van der Waals surface area (Å²) in [6, 6.07) is 21.7. The van der Waals surface area contributed by atoms with Gasteiger partial charge in [-0.05, 0) is 48.9 Å². The molecule has 0 unspecified atom stereocenters. The summed E-state index contributed by atoms with van der Waals surface area (Å²) in [6.07, 6.45) is 3.56. The first-order chi connectivity index (χ1) is 20.7. The molecule has 0 fully saturated rings. The number of carbonyl (C=O) groups is 1. The molecule has 0 radical (unpaired) electrons. The molecule has 14 heteroatoms. The number of hydrogen-bond acceptors (Lipinski definition) is 9. The van der Waals surface area contributed by atoms with Gasteiger partial charge in [-0.25, -0.2) is 4.98 Å². The smallest absolute Gasteiger partial charge is 1.00 e. The van der Waals surface area contributed by atoms with Gasteiger partial charge in [-0.1, -0.05) is 48.0 Å². The summed E-state index contributed by atoms with van der Waals surface area (Å²) in [5, 5.41) is 12.1. The minimum Gasteiger partial charge on any atom is -1.00 e. The molecule has 0 bridgehead atoms. The molecule has 0 saturated carbocycles. The van der Waals surface area contributed by atoms with E-state index in [1.54, 1.807) is 42.5 Å². The third kappa shape index (κ3) is 7.97. The maximum atomic E-state index is 12.2. The van der Waals surface area contributed by atoms with Crippen LogP contribution < -0.4 is 45.3 Å². The Morgan fingerprint density at radius 2 is 1.75 bits per heavy atom.